The van der Waals surface area contributed by atoms with Crippen LogP contribution < -0.4 is 10.1 Å². The SMILES string of the molecule is O=C(O)COc1ccc2[nH]c3c(c2c1)CCNC3C(=O)O. The number of carbonyl (C=O) groups is 2. The van der Waals surface area contributed by atoms with Gasteiger partial charge in [-0.15, -0.1) is 0 Å². The number of aliphatic carboxylic acids is 2. The van der Waals surface area contributed by atoms with Crippen LogP contribution in [0.4, 0.5) is 0 Å². The molecule has 0 saturated heterocycles. The van der Waals surface area contributed by atoms with E-state index in [0.717, 1.165) is 16.5 Å². The van der Waals surface area contributed by atoms with Crippen LogP contribution in [0.1, 0.15) is 17.3 Å². The zero-order valence-electron chi connectivity index (χ0n) is 11.0. The third-order valence-corrected chi connectivity index (χ3v) is 3.53. The van der Waals surface area contributed by atoms with Crippen LogP contribution in [0.15, 0.2) is 18.2 Å². The summed E-state index contributed by atoms with van der Waals surface area (Å²) in [6.07, 6.45) is 0.710. The molecule has 21 heavy (non-hydrogen) atoms. The second-order valence-electron chi connectivity index (χ2n) is 4.88. The summed E-state index contributed by atoms with van der Waals surface area (Å²) in [7, 11) is 0. The number of hydrogen-bond donors (Lipinski definition) is 4. The van der Waals surface area contributed by atoms with Crippen molar-refractivity contribution in [1.82, 2.24) is 10.3 Å². The average molecular weight is 290 g/mol. The van der Waals surface area contributed by atoms with E-state index in [0.29, 0.717) is 24.4 Å². The summed E-state index contributed by atoms with van der Waals surface area (Å²) in [5.74, 6) is -1.51. The quantitative estimate of drug-likeness (QED) is 0.665. The monoisotopic (exact) mass is 290 g/mol. The molecule has 2 aromatic rings. The number of nitrogens with one attached hydrogen (secondary N) is 2. The van der Waals surface area contributed by atoms with E-state index in [4.69, 9.17) is 9.84 Å². The van der Waals surface area contributed by atoms with Crippen LogP contribution in [0, 0.1) is 0 Å². The van der Waals surface area contributed by atoms with Gasteiger partial charge >= 0.3 is 11.9 Å². The molecular weight excluding hydrogens is 276 g/mol. The molecule has 0 spiro atoms. The van der Waals surface area contributed by atoms with Crippen molar-refractivity contribution in [2.75, 3.05) is 13.2 Å². The molecule has 0 fully saturated rings. The topological polar surface area (TPSA) is 112 Å². The first-order chi connectivity index (χ1) is 10.1. The van der Waals surface area contributed by atoms with Crippen molar-refractivity contribution in [2.45, 2.75) is 12.5 Å². The van der Waals surface area contributed by atoms with Crippen molar-refractivity contribution in [3.63, 3.8) is 0 Å². The molecule has 1 aromatic carbocycles. The molecule has 0 bridgehead atoms. The molecule has 0 aliphatic carbocycles. The molecule has 1 aliphatic rings. The van der Waals surface area contributed by atoms with Gasteiger partial charge < -0.3 is 19.9 Å². The molecule has 0 saturated carbocycles. The number of carboxylic acid groups (broad SMARTS) is 2. The first-order valence-corrected chi connectivity index (χ1v) is 6.51. The molecule has 1 atom stereocenters. The van der Waals surface area contributed by atoms with Gasteiger partial charge in [-0.05, 0) is 30.2 Å². The standard InChI is InChI=1S/C14H14N2O5/c17-11(18)6-21-7-1-2-10-9(5-7)8-3-4-15-13(14(19)20)12(8)16-10/h1-2,5,13,15-16H,3-4,6H2,(H,17,18)(H,19,20). The van der Waals surface area contributed by atoms with Crippen LogP contribution in [-0.2, 0) is 16.0 Å². The highest BCUT2D eigenvalue weighted by Gasteiger charge is 2.29. The van der Waals surface area contributed by atoms with Crippen LogP contribution in [0.25, 0.3) is 10.9 Å². The number of benzene rings is 1. The van der Waals surface area contributed by atoms with Gasteiger partial charge in [-0.25, -0.2) is 4.79 Å². The first kappa shape index (κ1) is 13.4. The predicted molar refractivity (Wildman–Crippen MR) is 73.5 cm³/mol. The third-order valence-electron chi connectivity index (χ3n) is 3.53. The molecule has 4 N–H and O–H groups in total. The van der Waals surface area contributed by atoms with Crippen molar-refractivity contribution < 1.29 is 24.5 Å². The van der Waals surface area contributed by atoms with Gasteiger partial charge in [0.25, 0.3) is 0 Å². The molecule has 0 radical (unpaired) electrons. The van der Waals surface area contributed by atoms with E-state index in [1.807, 2.05) is 0 Å². The van der Waals surface area contributed by atoms with E-state index in [2.05, 4.69) is 10.3 Å². The van der Waals surface area contributed by atoms with Gasteiger partial charge in [-0.3, -0.25) is 10.1 Å². The Morgan fingerprint density at radius 3 is 2.86 bits per heavy atom. The Morgan fingerprint density at radius 2 is 2.14 bits per heavy atom. The number of fused-ring (bicyclic) bond motifs is 3. The molecule has 2 heterocycles. The third kappa shape index (κ3) is 2.43. The van der Waals surface area contributed by atoms with Gasteiger partial charge in [0.1, 0.15) is 11.8 Å². The second-order valence-corrected chi connectivity index (χ2v) is 4.88. The Hall–Kier alpha value is -2.54. The molecule has 1 unspecified atom stereocenters. The maximum absolute atomic E-state index is 11.3. The Balaban J connectivity index is 2.02. The maximum atomic E-state index is 11.3. The zero-order chi connectivity index (χ0) is 15.0. The first-order valence-electron chi connectivity index (χ1n) is 6.51. The van der Waals surface area contributed by atoms with E-state index in [9.17, 15) is 14.7 Å². The highest BCUT2D eigenvalue weighted by molar-refractivity contribution is 5.89. The molecule has 7 nitrogen and oxygen atoms in total. The number of aromatic amines is 1. The lowest BCUT2D eigenvalue weighted by Gasteiger charge is -2.20. The lowest BCUT2D eigenvalue weighted by molar-refractivity contribution is -0.140. The Morgan fingerprint density at radius 1 is 1.33 bits per heavy atom. The van der Waals surface area contributed by atoms with Crippen LogP contribution in [0.5, 0.6) is 5.75 Å². The number of hydrogen-bond acceptors (Lipinski definition) is 4. The van der Waals surface area contributed by atoms with Gasteiger partial charge in [0, 0.05) is 23.1 Å². The minimum absolute atomic E-state index is 0.405. The summed E-state index contributed by atoms with van der Waals surface area (Å²) >= 11 is 0. The van der Waals surface area contributed by atoms with Gasteiger partial charge in [0.05, 0.1) is 0 Å². The van der Waals surface area contributed by atoms with Crippen molar-refractivity contribution in [2.24, 2.45) is 0 Å². The summed E-state index contributed by atoms with van der Waals surface area (Å²) in [6.45, 7) is 0.175. The van der Waals surface area contributed by atoms with Crippen LogP contribution in [-0.4, -0.2) is 40.3 Å². The molecule has 1 aliphatic heterocycles. The summed E-state index contributed by atoms with van der Waals surface area (Å²) in [5.41, 5.74) is 2.41. The van der Waals surface area contributed by atoms with Gasteiger partial charge in [0.2, 0.25) is 0 Å². The van der Waals surface area contributed by atoms with E-state index in [-0.39, 0.29) is 0 Å². The minimum Gasteiger partial charge on any atom is -0.482 e. The summed E-state index contributed by atoms with van der Waals surface area (Å²) < 4.78 is 5.16. The highest BCUT2D eigenvalue weighted by Crippen LogP contribution is 2.32. The van der Waals surface area contributed by atoms with Crippen LogP contribution in [0.2, 0.25) is 0 Å². The summed E-state index contributed by atoms with van der Waals surface area (Å²) in [6, 6.07) is 4.43. The number of H-pyrrole nitrogens is 1. The lowest BCUT2D eigenvalue weighted by Crippen LogP contribution is -2.34. The normalized spacial score (nSPS) is 17.4. The van der Waals surface area contributed by atoms with Crippen molar-refractivity contribution in [3.05, 3.63) is 29.5 Å². The smallest absolute Gasteiger partial charge is 0.341 e. The van der Waals surface area contributed by atoms with E-state index in [1.165, 1.54) is 0 Å². The zero-order valence-corrected chi connectivity index (χ0v) is 11.0. The molecule has 7 heteroatoms. The second kappa shape index (κ2) is 5.10. The van der Waals surface area contributed by atoms with E-state index in [1.54, 1.807) is 18.2 Å². The fourth-order valence-electron chi connectivity index (χ4n) is 2.65. The number of carboxylic acids is 2. The molecule has 3 rings (SSSR count). The average Bonchev–Trinajstić information content (AvgIpc) is 2.82. The van der Waals surface area contributed by atoms with Crippen LogP contribution >= 0.6 is 0 Å². The van der Waals surface area contributed by atoms with Crippen molar-refractivity contribution in [3.8, 4) is 5.75 Å². The predicted octanol–water partition coefficient (Wildman–Crippen LogP) is 0.903. The number of ether oxygens (including phenoxy) is 1. The Kier molecular flexibility index (Phi) is 3.26. The van der Waals surface area contributed by atoms with Crippen LogP contribution in [0.3, 0.4) is 0 Å². The lowest BCUT2D eigenvalue weighted by atomic mass is 9.99. The fraction of sp³-hybridized carbons (Fsp3) is 0.286. The largest absolute Gasteiger partial charge is 0.482 e. The van der Waals surface area contributed by atoms with Gasteiger partial charge in [0.15, 0.2) is 6.61 Å². The summed E-state index contributed by atoms with van der Waals surface area (Å²) in [5, 5.41) is 21.7. The van der Waals surface area contributed by atoms with E-state index >= 15 is 0 Å². The fourth-order valence-corrected chi connectivity index (χ4v) is 2.65. The number of rotatable bonds is 4. The Bertz CT molecular complexity index is 721. The minimum atomic E-state index is -1.04. The van der Waals surface area contributed by atoms with E-state index < -0.39 is 24.6 Å². The van der Waals surface area contributed by atoms with Gasteiger partial charge in [-0.2, -0.15) is 0 Å². The summed E-state index contributed by atoms with van der Waals surface area (Å²) in [4.78, 5) is 24.9. The number of aromatic nitrogens is 1. The molecule has 1 aromatic heterocycles. The van der Waals surface area contributed by atoms with Gasteiger partial charge in [-0.1, -0.05) is 0 Å². The maximum Gasteiger partial charge on any atom is 0.341 e. The Labute approximate surface area is 119 Å². The van der Waals surface area contributed by atoms with Crippen molar-refractivity contribution >= 4 is 22.8 Å². The molecule has 110 valence electrons. The van der Waals surface area contributed by atoms with Crippen molar-refractivity contribution in [1.29, 1.82) is 0 Å². The molecular formula is C14H14N2O5. The molecule has 0 amide bonds. The highest BCUT2D eigenvalue weighted by atomic mass is 16.5.